The molecule has 0 saturated heterocycles. The Morgan fingerprint density at radius 3 is 2.90 bits per heavy atom. The SMILES string of the molecule is CCn1nc(C)c2[nH]c(=S)n(C(C)Cn3ccnc3)c21. The molecule has 6 nitrogen and oxygen atoms in total. The summed E-state index contributed by atoms with van der Waals surface area (Å²) in [6.45, 7) is 7.91. The Hall–Kier alpha value is -1.89. The fraction of sp³-hybridized carbons (Fsp3) is 0.462. The molecule has 0 spiro atoms. The van der Waals surface area contributed by atoms with E-state index in [1.54, 1.807) is 6.20 Å². The van der Waals surface area contributed by atoms with Crippen molar-refractivity contribution in [3.63, 3.8) is 0 Å². The van der Waals surface area contributed by atoms with Gasteiger partial charge in [-0.1, -0.05) is 0 Å². The molecule has 1 atom stereocenters. The Kier molecular flexibility index (Phi) is 3.21. The molecule has 0 aliphatic heterocycles. The van der Waals surface area contributed by atoms with Gasteiger partial charge >= 0.3 is 0 Å². The van der Waals surface area contributed by atoms with Crippen molar-refractivity contribution in [3.8, 4) is 0 Å². The predicted molar refractivity (Wildman–Crippen MR) is 80.3 cm³/mol. The minimum absolute atomic E-state index is 0.229. The molecule has 0 saturated carbocycles. The standard InChI is InChI=1S/C13H18N6S/c1-4-18-12-11(10(3)16-18)15-13(20)19(12)9(2)7-17-6-5-14-8-17/h5-6,8-9H,4,7H2,1-3H3,(H,15,20). The van der Waals surface area contributed by atoms with Crippen LogP contribution in [0.15, 0.2) is 18.7 Å². The third-order valence-electron chi connectivity index (χ3n) is 3.55. The Morgan fingerprint density at radius 1 is 1.45 bits per heavy atom. The highest BCUT2D eigenvalue weighted by molar-refractivity contribution is 7.71. The number of nitrogens with zero attached hydrogens (tertiary/aromatic N) is 5. The predicted octanol–water partition coefficient (Wildman–Crippen LogP) is 2.68. The van der Waals surface area contributed by atoms with Gasteiger partial charge in [-0.05, 0) is 33.0 Å². The largest absolute Gasteiger partial charge is 0.335 e. The van der Waals surface area contributed by atoms with Crippen molar-refractivity contribution in [1.82, 2.24) is 28.9 Å². The highest BCUT2D eigenvalue weighted by Crippen LogP contribution is 2.22. The minimum atomic E-state index is 0.229. The quantitative estimate of drug-likeness (QED) is 0.752. The van der Waals surface area contributed by atoms with Crippen LogP contribution >= 0.6 is 12.2 Å². The van der Waals surface area contributed by atoms with Crippen LogP contribution in [0, 0.1) is 11.7 Å². The average Bonchev–Trinajstić information content (AvgIpc) is 3.08. The van der Waals surface area contributed by atoms with Crippen LogP contribution in [0.4, 0.5) is 0 Å². The summed E-state index contributed by atoms with van der Waals surface area (Å²) < 4.78 is 6.95. The van der Waals surface area contributed by atoms with Gasteiger partial charge in [0.25, 0.3) is 0 Å². The second kappa shape index (κ2) is 4.90. The van der Waals surface area contributed by atoms with E-state index in [0.717, 1.165) is 34.7 Å². The number of aromatic nitrogens is 6. The van der Waals surface area contributed by atoms with Crippen LogP contribution in [-0.2, 0) is 13.1 Å². The van der Waals surface area contributed by atoms with E-state index in [2.05, 4.69) is 38.0 Å². The van der Waals surface area contributed by atoms with E-state index in [4.69, 9.17) is 12.2 Å². The van der Waals surface area contributed by atoms with Gasteiger partial charge in [-0.15, -0.1) is 0 Å². The van der Waals surface area contributed by atoms with Gasteiger partial charge in [0, 0.05) is 25.5 Å². The van der Waals surface area contributed by atoms with Gasteiger partial charge in [0.05, 0.1) is 18.1 Å². The van der Waals surface area contributed by atoms with E-state index in [-0.39, 0.29) is 6.04 Å². The molecule has 3 rings (SSSR count). The zero-order chi connectivity index (χ0) is 14.3. The molecular weight excluding hydrogens is 272 g/mol. The van der Waals surface area contributed by atoms with Gasteiger partial charge in [-0.3, -0.25) is 4.57 Å². The number of hydrogen-bond acceptors (Lipinski definition) is 3. The van der Waals surface area contributed by atoms with E-state index < -0.39 is 0 Å². The van der Waals surface area contributed by atoms with Crippen molar-refractivity contribution < 1.29 is 0 Å². The normalized spacial score (nSPS) is 13.2. The molecule has 0 aromatic carbocycles. The lowest BCUT2D eigenvalue weighted by Crippen LogP contribution is -2.14. The lowest BCUT2D eigenvalue weighted by atomic mass is 10.3. The van der Waals surface area contributed by atoms with E-state index >= 15 is 0 Å². The first-order valence-electron chi connectivity index (χ1n) is 6.75. The number of aryl methyl sites for hydroxylation is 2. The third-order valence-corrected chi connectivity index (χ3v) is 3.85. The zero-order valence-corrected chi connectivity index (χ0v) is 12.7. The Balaban J connectivity index is 2.10. The molecule has 0 fully saturated rings. The van der Waals surface area contributed by atoms with Gasteiger partial charge in [-0.2, -0.15) is 5.10 Å². The second-order valence-electron chi connectivity index (χ2n) is 5.01. The Morgan fingerprint density at radius 2 is 2.25 bits per heavy atom. The highest BCUT2D eigenvalue weighted by atomic mass is 32.1. The van der Waals surface area contributed by atoms with E-state index in [1.807, 2.05) is 24.1 Å². The second-order valence-corrected chi connectivity index (χ2v) is 5.40. The van der Waals surface area contributed by atoms with E-state index in [1.165, 1.54) is 0 Å². The number of hydrogen-bond donors (Lipinski definition) is 1. The summed E-state index contributed by atoms with van der Waals surface area (Å²) in [5.41, 5.74) is 3.10. The molecular formula is C13H18N6S. The van der Waals surface area contributed by atoms with Crippen molar-refractivity contribution in [2.45, 2.75) is 39.9 Å². The summed E-state index contributed by atoms with van der Waals surface area (Å²) in [6.07, 6.45) is 5.58. The fourth-order valence-electron chi connectivity index (χ4n) is 2.63. The summed E-state index contributed by atoms with van der Waals surface area (Å²) in [5.74, 6) is 0. The molecule has 7 heteroatoms. The lowest BCUT2D eigenvalue weighted by Gasteiger charge is -2.15. The van der Waals surface area contributed by atoms with Gasteiger partial charge in [0.2, 0.25) is 0 Å². The van der Waals surface area contributed by atoms with Crippen molar-refractivity contribution >= 4 is 23.4 Å². The summed E-state index contributed by atoms with van der Waals surface area (Å²) in [5, 5.41) is 4.55. The summed E-state index contributed by atoms with van der Waals surface area (Å²) in [7, 11) is 0. The first-order chi connectivity index (χ1) is 9.61. The molecule has 3 aromatic heterocycles. The number of nitrogens with one attached hydrogen (secondary N) is 1. The number of imidazole rings is 2. The molecule has 0 aliphatic rings. The number of H-pyrrole nitrogens is 1. The topological polar surface area (TPSA) is 56.4 Å². The molecule has 3 heterocycles. The van der Waals surface area contributed by atoms with Crippen LogP contribution in [0.2, 0.25) is 0 Å². The van der Waals surface area contributed by atoms with Crippen LogP contribution in [0.3, 0.4) is 0 Å². The van der Waals surface area contributed by atoms with Gasteiger partial charge in [-0.25, -0.2) is 9.67 Å². The molecule has 0 aliphatic carbocycles. The monoisotopic (exact) mass is 290 g/mol. The number of fused-ring (bicyclic) bond motifs is 1. The third kappa shape index (κ3) is 1.98. The maximum atomic E-state index is 5.49. The van der Waals surface area contributed by atoms with Gasteiger partial charge in [0.1, 0.15) is 5.52 Å². The van der Waals surface area contributed by atoms with Crippen LogP contribution < -0.4 is 0 Å². The van der Waals surface area contributed by atoms with Crippen molar-refractivity contribution in [2.24, 2.45) is 0 Å². The smallest absolute Gasteiger partial charge is 0.179 e. The van der Waals surface area contributed by atoms with Gasteiger partial charge < -0.3 is 9.55 Å². The highest BCUT2D eigenvalue weighted by Gasteiger charge is 2.17. The Bertz CT molecular complexity index is 776. The lowest BCUT2D eigenvalue weighted by molar-refractivity contribution is 0.460. The average molecular weight is 290 g/mol. The molecule has 0 amide bonds. The van der Waals surface area contributed by atoms with Crippen molar-refractivity contribution in [3.05, 3.63) is 29.2 Å². The molecule has 3 aromatic rings. The number of aromatic amines is 1. The van der Waals surface area contributed by atoms with Crippen molar-refractivity contribution in [2.75, 3.05) is 0 Å². The van der Waals surface area contributed by atoms with Crippen LogP contribution in [0.5, 0.6) is 0 Å². The molecule has 1 unspecified atom stereocenters. The van der Waals surface area contributed by atoms with Crippen LogP contribution in [0.25, 0.3) is 11.2 Å². The first-order valence-corrected chi connectivity index (χ1v) is 7.16. The molecule has 20 heavy (non-hydrogen) atoms. The minimum Gasteiger partial charge on any atom is -0.335 e. The maximum Gasteiger partial charge on any atom is 0.179 e. The molecule has 0 radical (unpaired) electrons. The summed E-state index contributed by atoms with van der Waals surface area (Å²) >= 11 is 5.49. The fourth-order valence-corrected chi connectivity index (χ4v) is 3.00. The first kappa shape index (κ1) is 13.1. The van der Waals surface area contributed by atoms with Gasteiger partial charge in [0.15, 0.2) is 10.4 Å². The maximum absolute atomic E-state index is 5.49. The summed E-state index contributed by atoms with van der Waals surface area (Å²) in [6, 6.07) is 0.229. The molecule has 1 N–H and O–H groups in total. The summed E-state index contributed by atoms with van der Waals surface area (Å²) in [4.78, 5) is 7.36. The van der Waals surface area contributed by atoms with E-state index in [9.17, 15) is 0 Å². The van der Waals surface area contributed by atoms with Crippen LogP contribution in [0.1, 0.15) is 25.6 Å². The van der Waals surface area contributed by atoms with Crippen LogP contribution in [-0.4, -0.2) is 28.9 Å². The molecule has 106 valence electrons. The number of rotatable bonds is 4. The molecule has 0 bridgehead atoms. The zero-order valence-electron chi connectivity index (χ0n) is 11.9. The van der Waals surface area contributed by atoms with E-state index in [0.29, 0.717) is 0 Å². The Labute approximate surface area is 122 Å². The van der Waals surface area contributed by atoms with Crippen molar-refractivity contribution in [1.29, 1.82) is 0 Å².